The zero-order valence-electron chi connectivity index (χ0n) is 14.5. The van der Waals surface area contributed by atoms with Crippen molar-refractivity contribution in [3.63, 3.8) is 0 Å². The van der Waals surface area contributed by atoms with E-state index in [0.717, 1.165) is 18.2 Å². The first-order chi connectivity index (χ1) is 13.0. The molecule has 0 saturated heterocycles. The average molecular weight is 410 g/mol. The molecule has 0 fully saturated rings. The second-order valence-corrected chi connectivity index (χ2v) is 5.68. The molecule has 0 spiro atoms. The van der Waals surface area contributed by atoms with E-state index in [-0.39, 0.29) is 34.4 Å². The lowest BCUT2D eigenvalue weighted by Crippen LogP contribution is -2.27. The fourth-order valence-electron chi connectivity index (χ4n) is 1.78. The fraction of sp³-hybridized carbons (Fsp3) is 0.0588. The van der Waals surface area contributed by atoms with Gasteiger partial charge < -0.3 is 27.0 Å². The lowest BCUT2D eigenvalue weighted by atomic mass is 10.2. The number of hydrogen-bond acceptors (Lipinski definition) is 5. The van der Waals surface area contributed by atoms with Crippen molar-refractivity contribution in [2.45, 2.75) is 6.92 Å². The Morgan fingerprint density at radius 1 is 1.11 bits per heavy atom. The van der Waals surface area contributed by atoms with E-state index < -0.39 is 17.6 Å². The number of phenolic OH excluding ortho intramolecular Hbond substituents is 2. The van der Waals surface area contributed by atoms with Gasteiger partial charge in [0.25, 0.3) is 11.8 Å². The van der Waals surface area contributed by atoms with Gasteiger partial charge in [0.2, 0.25) is 0 Å². The van der Waals surface area contributed by atoms with Crippen LogP contribution in [0.1, 0.15) is 27.6 Å². The quantitative estimate of drug-likeness (QED) is 0.325. The first-order valence-corrected chi connectivity index (χ1v) is 7.86. The molecule has 0 saturated carbocycles. The highest BCUT2D eigenvalue weighted by molar-refractivity contribution is 6.31. The Kier molecular flexibility index (Phi) is 7.90. The summed E-state index contributed by atoms with van der Waals surface area (Å²) < 4.78 is 12.7. The van der Waals surface area contributed by atoms with Gasteiger partial charge in [0.15, 0.2) is 5.96 Å². The van der Waals surface area contributed by atoms with Crippen LogP contribution in [0.3, 0.4) is 0 Å². The third kappa shape index (κ3) is 6.92. The van der Waals surface area contributed by atoms with Crippen LogP contribution in [-0.4, -0.2) is 33.8 Å². The second kappa shape index (κ2) is 9.88. The predicted octanol–water partition coefficient (Wildman–Crippen LogP) is 1.72. The van der Waals surface area contributed by atoms with Gasteiger partial charge in [-0.05, 0) is 43.3 Å². The fourth-order valence-corrected chi connectivity index (χ4v) is 1.96. The van der Waals surface area contributed by atoms with Crippen LogP contribution < -0.4 is 16.8 Å². The maximum absolute atomic E-state index is 12.7. The Bertz CT molecular complexity index is 945. The zero-order valence-corrected chi connectivity index (χ0v) is 15.3. The van der Waals surface area contributed by atoms with E-state index in [1.54, 1.807) is 0 Å². The number of rotatable bonds is 2. The van der Waals surface area contributed by atoms with Crippen molar-refractivity contribution < 1.29 is 24.2 Å². The highest BCUT2D eigenvalue weighted by atomic mass is 35.5. The van der Waals surface area contributed by atoms with E-state index in [1.807, 2.05) is 0 Å². The van der Waals surface area contributed by atoms with Crippen molar-refractivity contribution in [2.24, 2.45) is 16.5 Å². The summed E-state index contributed by atoms with van der Waals surface area (Å²) in [6.45, 7) is 1.37. The van der Waals surface area contributed by atoms with E-state index in [2.05, 4.69) is 10.3 Å². The molecule has 0 bridgehead atoms. The van der Waals surface area contributed by atoms with Gasteiger partial charge in [-0.15, -0.1) is 0 Å². The van der Waals surface area contributed by atoms with Gasteiger partial charge in [-0.2, -0.15) is 4.99 Å². The summed E-state index contributed by atoms with van der Waals surface area (Å²) >= 11 is 5.62. The van der Waals surface area contributed by atoms with Crippen LogP contribution in [0.15, 0.2) is 41.4 Å². The van der Waals surface area contributed by atoms with E-state index >= 15 is 0 Å². The number of nitrogens with zero attached hydrogens (tertiary/aromatic N) is 1. The van der Waals surface area contributed by atoms with Crippen LogP contribution in [0.5, 0.6) is 11.5 Å². The highest BCUT2D eigenvalue weighted by Crippen LogP contribution is 2.22. The molecule has 11 heteroatoms. The minimum absolute atomic E-state index is 0.0362. The van der Waals surface area contributed by atoms with Crippen molar-refractivity contribution in [2.75, 3.05) is 0 Å². The number of hydrogen-bond donors (Lipinski definition) is 6. The Morgan fingerprint density at radius 3 is 2.25 bits per heavy atom. The maximum Gasteiger partial charge on any atom is 0.283 e. The molecule has 148 valence electrons. The highest BCUT2D eigenvalue weighted by Gasteiger charge is 2.12. The van der Waals surface area contributed by atoms with Crippen LogP contribution in [0, 0.1) is 11.2 Å². The van der Waals surface area contributed by atoms with Gasteiger partial charge in [-0.1, -0.05) is 11.6 Å². The van der Waals surface area contributed by atoms with Crippen molar-refractivity contribution >= 4 is 35.2 Å². The first kappa shape index (κ1) is 22.4. The second-order valence-electron chi connectivity index (χ2n) is 5.24. The summed E-state index contributed by atoms with van der Waals surface area (Å²) in [4.78, 5) is 25.8. The number of nitrogens with two attached hydrogens (primary N) is 2. The lowest BCUT2D eigenvalue weighted by molar-refractivity contribution is 0.0971. The summed E-state index contributed by atoms with van der Waals surface area (Å²) in [5, 5.41) is 28.0. The third-order valence-electron chi connectivity index (χ3n) is 2.92. The summed E-state index contributed by atoms with van der Waals surface area (Å²) in [5.41, 5.74) is 9.80. The lowest BCUT2D eigenvalue weighted by Gasteiger charge is -2.04. The first-order valence-electron chi connectivity index (χ1n) is 7.48. The normalized spacial score (nSPS) is 9.54. The molecule has 9 nitrogen and oxygen atoms in total. The topological polar surface area (TPSA) is 175 Å². The van der Waals surface area contributed by atoms with Crippen LogP contribution in [-0.2, 0) is 0 Å². The minimum Gasteiger partial charge on any atom is -0.507 e. The molecule has 2 aromatic carbocycles. The smallest absolute Gasteiger partial charge is 0.283 e. The Morgan fingerprint density at radius 2 is 1.68 bits per heavy atom. The van der Waals surface area contributed by atoms with Gasteiger partial charge in [0.1, 0.15) is 17.3 Å². The van der Waals surface area contributed by atoms with Gasteiger partial charge in [-0.3, -0.25) is 15.0 Å². The standard InChI is InChI=1S/C9H9FN2O2.C8H8ClN3O2/c1-5(11)12-9(14)7-4-6(10)2-3-8(7)13;9-4-1-2-6(13)5(3-4)7(14)12-8(10)11/h2-4,13H,1H3,(H2,11,12,14);1-3,13H,(H4,10,11,12,14). The number of amides is 2. The third-order valence-corrected chi connectivity index (χ3v) is 3.16. The van der Waals surface area contributed by atoms with Crippen molar-refractivity contribution in [3.8, 4) is 11.5 Å². The number of benzene rings is 2. The molecule has 0 heterocycles. The molecule has 28 heavy (non-hydrogen) atoms. The monoisotopic (exact) mass is 409 g/mol. The number of nitrogens with one attached hydrogen (secondary N) is 2. The number of carbonyl (C=O) groups is 2. The molecule has 2 rings (SSSR count). The number of amidine groups is 1. The van der Waals surface area contributed by atoms with Crippen LogP contribution in [0.25, 0.3) is 0 Å². The van der Waals surface area contributed by atoms with Gasteiger partial charge in [0.05, 0.1) is 17.0 Å². The maximum atomic E-state index is 12.7. The SMILES string of the molecule is CC(=N)NC(=O)c1cc(F)ccc1O.NC(N)=NC(=O)c1cc(Cl)ccc1O. The molecule has 8 N–H and O–H groups in total. The molecule has 0 atom stereocenters. The summed E-state index contributed by atoms with van der Waals surface area (Å²) in [7, 11) is 0. The number of halogens is 2. The average Bonchev–Trinajstić information content (AvgIpc) is 2.58. The molecule has 0 aromatic heterocycles. The molecule has 0 radical (unpaired) electrons. The molecule has 0 aliphatic rings. The molecule has 0 unspecified atom stereocenters. The van der Waals surface area contributed by atoms with Crippen LogP contribution in [0.2, 0.25) is 5.02 Å². The van der Waals surface area contributed by atoms with Crippen molar-refractivity contribution in [1.82, 2.24) is 5.32 Å². The summed E-state index contributed by atoms with van der Waals surface area (Å²) in [6, 6.07) is 7.06. The molecule has 2 amide bonds. The van der Waals surface area contributed by atoms with E-state index in [9.17, 15) is 24.2 Å². The summed E-state index contributed by atoms with van der Waals surface area (Å²) in [5.74, 6) is -3.02. The molecule has 0 aliphatic carbocycles. The number of carbonyl (C=O) groups excluding carboxylic acids is 2. The number of aromatic hydroxyl groups is 2. The van der Waals surface area contributed by atoms with Crippen LogP contribution >= 0.6 is 11.6 Å². The number of aliphatic imine (C=N–C) groups is 1. The van der Waals surface area contributed by atoms with E-state index in [1.165, 1.54) is 25.1 Å². The molecular formula is C17H17ClFN5O4. The Hall–Kier alpha value is -3.66. The van der Waals surface area contributed by atoms with Crippen molar-refractivity contribution in [3.05, 3.63) is 58.4 Å². The van der Waals surface area contributed by atoms with Gasteiger partial charge in [0, 0.05) is 5.02 Å². The van der Waals surface area contributed by atoms with Gasteiger partial charge in [-0.25, -0.2) is 4.39 Å². The Balaban J connectivity index is 0.000000280. The zero-order chi connectivity index (χ0) is 21.4. The molecule has 2 aromatic rings. The predicted molar refractivity (Wildman–Crippen MR) is 102 cm³/mol. The molecule has 0 aliphatic heterocycles. The number of guanidine groups is 1. The summed E-state index contributed by atoms with van der Waals surface area (Å²) in [6.07, 6.45) is 0. The van der Waals surface area contributed by atoms with Crippen molar-refractivity contribution in [1.29, 1.82) is 5.41 Å². The minimum atomic E-state index is -0.731. The van der Waals surface area contributed by atoms with Gasteiger partial charge >= 0.3 is 0 Å². The van der Waals surface area contributed by atoms with E-state index in [0.29, 0.717) is 5.02 Å². The number of phenols is 2. The molecular weight excluding hydrogens is 393 g/mol. The Labute approximate surface area is 164 Å². The largest absolute Gasteiger partial charge is 0.507 e. The van der Waals surface area contributed by atoms with Crippen LogP contribution in [0.4, 0.5) is 4.39 Å². The van der Waals surface area contributed by atoms with E-state index in [4.69, 9.17) is 28.5 Å².